The maximum Gasteiger partial charge on any atom is 0.255 e. The fourth-order valence-electron chi connectivity index (χ4n) is 3.11. The summed E-state index contributed by atoms with van der Waals surface area (Å²) in [6.45, 7) is 1.000. The van der Waals surface area contributed by atoms with E-state index in [-0.39, 0.29) is 23.9 Å². The molecule has 0 spiro atoms. The SMILES string of the molecule is NCCCN(Cc1cc(NC(=O)c2ccccc2)ccc1Cl)C(=O)c1cccc(F)c1. The van der Waals surface area contributed by atoms with Crippen LogP contribution in [-0.4, -0.2) is 29.8 Å². The van der Waals surface area contributed by atoms with Crippen molar-refractivity contribution in [2.75, 3.05) is 18.4 Å². The highest BCUT2D eigenvalue weighted by atomic mass is 35.5. The van der Waals surface area contributed by atoms with Crippen molar-refractivity contribution in [2.24, 2.45) is 5.73 Å². The molecule has 2 amide bonds. The van der Waals surface area contributed by atoms with E-state index < -0.39 is 5.82 Å². The number of nitrogens with two attached hydrogens (primary N) is 1. The summed E-state index contributed by atoms with van der Waals surface area (Å²) in [7, 11) is 0. The first-order chi connectivity index (χ1) is 15.0. The van der Waals surface area contributed by atoms with Crippen LogP contribution in [0, 0.1) is 5.82 Å². The number of carbonyl (C=O) groups is 2. The van der Waals surface area contributed by atoms with Crippen LogP contribution in [0.25, 0.3) is 0 Å². The maximum atomic E-state index is 13.6. The summed E-state index contributed by atoms with van der Waals surface area (Å²) in [5.74, 6) is -1.04. The molecular formula is C24H23ClFN3O2. The van der Waals surface area contributed by atoms with Gasteiger partial charge in [0.25, 0.3) is 11.8 Å². The van der Waals surface area contributed by atoms with Gasteiger partial charge in [-0.2, -0.15) is 0 Å². The summed E-state index contributed by atoms with van der Waals surface area (Å²) in [6, 6.07) is 19.5. The quantitative estimate of drug-likeness (QED) is 0.533. The van der Waals surface area contributed by atoms with E-state index in [1.165, 1.54) is 18.2 Å². The highest BCUT2D eigenvalue weighted by molar-refractivity contribution is 6.31. The van der Waals surface area contributed by atoms with E-state index in [0.717, 1.165) is 0 Å². The normalized spacial score (nSPS) is 10.5. The molecule has 0 aliphatic carbocycles. The highest BCUT2D eigenvalue weighted by Gasteiger charge is 2.18. The third-order valence-corrected chi connectivity index (χ3v) is 5.06. The fourth-order valence-corrected chi connectivity index (χ4v) is 3.29. The number of hydrogen-bond donors (Lipinski definition) is 2. The predicted octanol–water partition coefficient (Wildman–Crippen LogP) is 4.72. The van der Waals surface area contributed by atoms with Crippen molar-refractivity contribution in [3.63, 3.8) is 0 Å². The Morgan fingerprint density at radius 2 is 1.71 bits per heavy atom. The Labute approximate surface area is 185 Å². The molecule has 0 bridgehead atoms. The van der Waals surface area contributed by atoms with Crippen LogP contribution in [0.5, 0.6) is 0 Å². The molecule has 3 aromatic carbocycles. The standard InChI is InChI=1S/C24H23ClFN3O2/c25-22-11-10-21(28-23(30)17-6-2-1-3-7-17)15-19(22)16-29(13-5-12-27)24(31)18-8-4-9-20(26)14-18/h1-4,6-11,14-15H,5,12-13,16,27H2,(H,28,30). The molecule has 3 aromatic rings. The third-order valence-electron chi connectivity index (χ3n) is 4.69. The topological polar surface area (TPSA) is 75.4 Å². The molecule has 0 aromatic heterocycles. The van der Waals surface area contributed by atoms with E-state index in [1.807, 2.05) is 6.07 Å². The lowest BCUT2D eigenvalue weighted by Crippen LogP contribution is -2.32. The molecule has 0 aliphatic rings. The van der Waals surface area contributed by atoms with Gasteiger partial charge in [-0.25, -0.2) is 4.39 Å². The van der Waals surface area contributed by atoms with Gasteiger partial charge in [0.15, 0.2) is 0 Å². The molecule has 0 fully saturated rings. The average Bonchev–Trinajstić information content (AvgIpc) is 2.78. The number of nitrogens with zero attached hydrogens (tertiary/aromatic N) is 1. The highest BCUT2D eigenvalue weighted by Crippen LogP contribution is 2.24. The number of hydrogen-bond acceptors (Lipinski definition) is 3. The summed E-state index contributed by atoms with van der Waals surface area (Å²) in [5.41, 5.74) is 7.63. The predicted molar refractivity (Wildman–Crippen MR) is 121 cm³/mol. The van der Waals surface area contributed by atoms with Crippen molar-refractivity contribution in [2.45, 2.75) is 13.0 Å². The number of benzene rings is 3. The van der Waals surface area contributed by atoms with E-state index in [4.69, 9.17) is 17.3 Å². The van der Waals surface area contributed by atoms with Gasteiger partial charge >= 0.3 is 0 Å². The number of amides is 2. The first-order valence-electron chi connectivity index (χ1n) is 9.87. The number of anilines is 1. The molecule has 0 saturated heterocycles. The van der Waals surface area contributed by atoms with Gasteiger partial charge in [-0.1, -0.05) is 35.9 Å². The summed E-state index contributed by atoms with van der Waals surface area (Å²) in [4.78, 5) is 27.0. The van der Waals surface area contributed by atoms with Crippen LogP contribution in [0.3, 0.4) is 0 Å². The molecule has 0 saturated carbocycles. The lowest BCUT2D eigenvalue weighted by atomic mass is 10.1. The van der Waals surface area contributed by atoms with Gasteiger partial charge in [0.05, 0.1) is 0 Å². The van der Waals surface area contributed by atoms with Crippen molar-refractivity contribution in [1.82, 2.24) is 4.90 Å². The molecule has 0 radical (unpaired) electrons. The fraction of sp³-hybridized carbons (Fsp3) is 0.167. The second kappa shape index (κ2) is 10.7. The zero-order valence-corrected chi connectivity index (χ0v) is 17.6. The van der Waals surface area contributed by atoms with Crippen LogP contribution < -0.4 is 11.1 Å². The molecule has 0 atom stereocenters. The lowest BCUT2D eigenvalue weighted by Gasteiger charge is -2.24. The maximum absolute atomic E-state index is 13.6. The van der Waals surface area contributed by atoms with Crippen molar-refractivity contribution < 1.29 is 14.0 Å². The Bertz CT molecular complexity index is 1060. The zero-order chi connectivity index (χ0) is 22.2. The summed E-state index contributed by atoms with van der Waals surface area (Å²) in [6.07, 6.45) is 0.586. The summed E-state index contributed by atoms with van der Waals surface area (Å²) in [5, 5.41) is 3.30. The summed E-state index contributed by atoms with van der Waals surface area (Å²) >= 11 is 6.37. The lowest BCUT2D eigenvalue weighted by molar-refractivity contribution is 0.0741. The van der Waals surface area contributed by atoms with E-state index in [2.05, 4.69) is 5.32 Å². The second-order valence-electron chi connectivity index (χ2n) is 7.01. The van der Waals surface area contributed by atoms with Gasteiger partial charge in [0, 0.05) is 34.9 Å². The number of halogens is 2. The van der Waals surface area contributed by atoms with E-state index in [1.54, 1.807) is 53.4 Å². The van der Waals surface area contributed by atoms with Crippen molar-refractivity contribution >= 4 is 29.1 Å². The van der Waals surface area contributed by atoms with Crippen LogP contribution in [0.15, 0.2) is 72.8 Å². The van der Waals surface area contributed by atoms with Crippen molar-refractivity contribution in [3.05, 3.63) is 100 Å². The van der Waals surface area contributed by atoms with Crippen LogP contribution >= 0.6 is 11.6 Å². The smallest absolute Gasteiger partial charge is 0.255 e. The Morgan fingerprint density at radius 1 is 0.968 bits per heavy atom. The van der Waals surface area contributed by atoms with Crippen LogP contribution in [0.4, 0.5) is 10.1 Å². The molecule has 3 N–H and O–H groups in total. The Kier molecular flexibility index (Phi) is 7.76. The van der Waals surface area contributed by atoms with Crippen molar-refractivity contribution in [3.8, 4) is 0 Å². The van der Waals surface area contributed by atoms with Crippen LogP contribution in [0.1, 0.15) is 32.7 Å². The van der Waals surface area contributed by atoms with Gasteiger partial charge in [0.1, 0.15) is 5.82 Å². The van der Waals surface area contributed by atoms with Crippen LogP contribution in [0.2, 0.25) is 5.02 Å². The van der Waals surface area contributed by atoms with Gasteiger partial charge in [-0.05, 0) is 67.1 Å². The van der Waals surface area contributed by atoms with E-state index >= 15 is 0 Å². The number of rotatable bonds is 8. The van der Waals surface area contributed by atoms with Gasteiger partial charge < -0.3 is 16.0 Å². The molecule has 3 rings (SSSR count). The monoisotopic (exact) mass is 439 g/mol. The minimum absolute atomic E-state index is 0.198. The molecule has 0 aliphatic heterocycles. The third kappa shape index (κ3) is 6.13. The molecule has 0 heterocycles. The minimum atomic E-state index is -0.478. The number of nitrogens with one attached hydrogen (secondary N) is 1. The Hall–Kier alpha value is -3.22. The minimum Gasteiger partial charge on any atom is -0.334 e. The largest absolute Gasteiger partial charge is 0.334 e. The van der Waals surface area contributed by atoms with E-state index in [9.17, 15) is 14.0 Å². The summed E-state index contributed by atoms with van der Waals surface area (Å²) < 4.78 is 13.6. The van der Waals surface area contributed by atoms with E-state index in [0.29, 0.717) is 41.3 Å². The molecule has 5 nitrogen and oxygen atoms in total. The Balaban J connectivity index is 1.81. The number of carbonyl (C=O) groups excluding carboxylic acids is 2. The molecule has 0 unspecified atom stereocenters. The average molecular weight is 440 g/mol. The van der Waals surface area contributed by atoms with Gasteiger partial charge in [0.2, 0.25) is 0 Å². The Morgan fingerprint density at radius 3 is 2.42 bits per heavy atom. The second-order valence-corrected chi connectivity index (χ2v) is 7.41. The van der Waals surface area contributed by atoms with Crippen molar-refractivity contribution in [1.29, 1.82) is 0 Å². The molecular weight excluding hydrogens is 417 g/mol. The molecule has 160 valence electrons. The first kappa shape index (κ1) is 22.5. The van der Waals surface area contributed by atoms with Crippen LogP contribution in [-0.2, 0) is 6.54 Å². The van der Waals surface area contributed by atoms with Gasteiger partial charge in [-0.15, -0.1) is 0 Å². The first-order valence-corrected chi connectivity index (χ1v) is 10.3. The molecule has 31 heavy (non-hydrogen) atoms. The molecule has 7 heteroatoms. The zero-order valence-electron chi connectivity index (χ0n) is 16.9. The van der Waals surface area contributed by atoms with Gasteiger partial charge in [-0.3, -0.25) is 9.59 Å².